The van der Waals surface area contributed by atoms with Gasteiger partial charge in [0.05, 0.1) is 17.2 Å². The van der Waals surface area contributed by atoms with E-state index in [4.69, 9.17) is 33.1 Å². The molecule has 1 aliphatic carbocycles. The zero-order chi connectivity index (χ0) is 34.2. The smallest absolute Gasteiger partial charge is 0.475 e. The number of halogens is 6. The zero-order valence-corrected chi connectivity index (χ0v) is 27.2. The van der Waals surface area contributed by atoms with Crippen molar-refractivity contribution in [1.29, 1.82) is 0 Å². The van der Waals surface area contributed by atoms with E-state index >= 15 is 4.39 Å². The van der Waals surface area contributed by atoms with Crippen LogP contribution < -0.4 is 10.6 Å². The molecule has 0 radical (unpaired) electrons. The summed E-state index contributed by atoms with van der Waals surface area (Å²) in [6, 6.07) is 8.90. The third-order valence-electron chi connectivity index (χ3n) is 9.08. The highest BCUT2D eigenvalue weighted by molar-refractivity contribution is 6.31. The topological polar surface area (TPSA) is 116 Å². The fourth-order valence-electron chi connectivity index (χ4n) is 7.24. The fraction of sp³-hybridized carbons (Fsp3) is 0.545. The number of hydrogen-bond acceptors (Lipinski definition) is 5. The van der Waals surface area contributed by atoms with Crippen molar-refractivity contribution in [3.8, 4) is 0 Å². The highest BCUT2D eigenvalue weighted by Gasteiger charge is 2.66. The zero-order valence-electron chi connectivity index (χ0n) is 25.7. The van der Waals surface area contributed by atoms with Crippen LogP contribution in [0.5, 0.6) is 0 Å². The SMILES string of the molecule is CC(C)(C)C[C@H]1N[C@@H](C(=O)CCC[C@H]2CC[C@@H](O)C2)[C@H](c2cccc(Cl)c2F)[C@@]12C(=O)Nc1cc(Cl)ccc12.O=C(O)C(F)(F)F. The van der Waals surface area contributed by atoms with Crippen LogP contribution in [0.2, 0.25) is 10.0 Å². The van der Waals surface area contributed by atoms with Crippen LogP contribution in [0.15, 0.2) is 36.4 Å². The first-order chi connectivity index (χ1) is 21.4. The third kappa shape index (κ3) is 7.53. The summed E-state index contributed by atoms with van der Waals surface area (Å²) in [5, 5.41) is 24.0. The minimum atomic E-state index is -5.08. The minimum absolute atomic E-state index is 0.0380. The molecule has 13 heteroatoms. The monoisotopic (exact) mass is 688 g/mol. The van der Waals surface area contributed by atoms with Gasteiger partial charge in [0.1, 0.15) is 17.0 Å². The normalized spacial score (nSPS) is 27.3. The molecule has 0 bridgehead atoms. The lowest BCUT2D eigenvalue weighted by Gasteiger charge is -2.37. The molecule has 0 aromatic heterocycles. The molecule has 1 saturated carbocycles. The van der Waals surface area contributed by atoms with Crippen LogP contribution in [0, 0.1) is 17.2 Å². The fourth-order valence-corrected chi connectivity index (χ4v) is 7.59. The van der Waals surface area contributed by atoms with Crippen molar-refractivity contribution in [2.24, 2.45) is 11.3 Å². The number of rotatable bonds is 7. The Bertz CT molecular complexity index is 1480. The summed E-state index contributed by atoms with van der Waals surface area (Å²) in [6.07, 6.45) is -0.301. The quantitative estimate of drug-likeness (QED) is 0.225. The number of aliphatic hydroxyl groups excluding tert-OH is 1. The molecular formula is C33H38Cl2F4N2O5. The molecule has 1 amide bonds. The van der Waals surface area contributed by atoms with E-state index in [1.54, 1.807) is 24.3 Å². The molecular weight excluding hydrogens is 651 g/mol. The van der Waals surface area contributed by atoms with Crippen LogP contribution >= 0.6 is 23.2 Å². The molecule has 252 valence electrons. The highest BCUT2D eigenvalue weighted by Crippen LogP contribution is 2.57. The average molecular weight is 690 g/mol. The van der Waals surface area contributed by atoms with E-state index in [9.17, 15) is 27.9 Å². The Morgan fingerprint density at radius 3 is 2.35 bits per heavy atom. The van der Waals surface area contributed by atoms with Crippen LogP contribution in [-0.2, 0) is 19.8 Å². The summed E-state index contributed by atoms with van der Waals surface area (Å²) in [4.78, 5) is 37.0. The predicted molar refractivity (Wildman–Crippen MR) is 167 cm³/mol. The first kappa shape index (κ1) is 36.1. The standard InChI is InChI=1S/C31H37Cl2FN2O3.C2HF3O2/c1-30(2,3)16-25-31(21-13-11-18(32)15-23(21)35-29(31)39)26(20-7-5-8-22(33)27(20)34)28(36-25)24(38)9-4-6-17-10-12-19(37)14-17;3-2(4,5)1(6)7/h5,7-8,11,13,15,17,19,25-26,28,36-37H,4,6,9-10,12,14,16H2,1-3H3,(H,35,39);(H,6,7)/t17-,19+,25+,26-,28-,31-;/m0./s1. The van der Waals surface area contributed by atoms with Gasteiger partial charge >= 0.3 is 12.1 Å². The molecule has 2 aromatic rings. The summed E-state index contributed by atoms with van der Waals surface area (Å²) < 4.78 is 47.5. The lowest BCUT2D eigenvalue weighted by molar-refractivity contribution is -0.192. The number of carbonyl (C=O) groups is 3. The van der Waals surface area contributed by atoms with Gasteiger partial charge in [-0.3, -0.25) is 9.59 Å². The van der Waals surface area contributed by atoms with Crippen molar-refractivity contribution in [2.45, 2.75) is 101 Å². The lowest BCUT2D eigenvalue weighted by Crippen LogP contribution is -2.49. The van der Waals surface area contributed by atoms with Gasteiger partial charge in [0.15, 0.2) is 0 Å². The number of Topliss-reactive ketones (excluding diaryl/α,β-unsaturated/α-hetero) is 1. The van der Waals surface area contributed by atoms with Gasteiger partial charge < -0.3 is 20.8 Å². The van der Waals surface area contributed by atoms with Crippen molar-refractivity contribution in [3.63, 3.8) is 0 Å². The van der Waals surface area contributed by atoms with Crippen molar-refractivity contribution in [3.05, 3.63) is 63.4 Å². The summed E-state index contributed by atoms with van der Waals surface area (Å²) >= 11 is 12.6. The van der Waals surface area contributed by atoms with Gasteiger partial charge in [-0.25, -0.2) is 9.18 Å². The largest absolute Gasteiger partial charge is 0.490 e. The van der Waals surface area contributed by atoms with Gasteiger partial charge in [-0.2, -0.15) is 13.2 Å². The maximum Gasteiger partial charge on any atom is 0.490 e. The molecule has 4 N–H and O–H groups in total. The first-order valence-electron chi connectivity index (χ1n) is 15.2. The number of aliphatic carboxylic acids is 1. The number of carboxylic acids is 1. The number of amides is 1. The van der Waals surface area contributed by atoms with Gasteiger partial charge in [0.2, 0.25) is 5.91 Å². The number of carbonyl (C=O) groups excluding carboxylic acids is 2. The predicted octanol–water partition coefficient (Wildman–Crippen LogP) is 7.42. The van der Waals surface area contributed by atoms with E-state index in [0.29, 0.717) is 35.9 Å². The van der Waals surface area contributed by atoms with E-state index in [0.717, 1.165) is 31.2 Å². The summed E-state index contributed by atoms with van der Waals surface area (Å²) in [5.41, 5.74) is 0.168. The number of aliphatic hydroxyl groups is 1. The Kier molecular flexibility index (Phi) is 10.8. The first-order valence-corrected chi connectivity index (χ1v) is 15.9. The molecule has 2 fully saturated rings. The van der Waals surface area contributed by atoms with Crippen molar-refractivity contribution in [2.75, 3.05) is 5.32 Å². The van der Waals surface area contributed by atoms with Crippen LogP contribution in [0.1, 0.15) is 82.8 Å². The van der Waals surface area contributed by atoms with Crippen LogP contribution in [0.25, 0.3) is 0 Å². The molecule has 6 atom stereocenters. The summed E-state index contributed by atoms with van der Waals surface area (Å²) in [7, 11) is 0. The van der Waals surface area contributed by atoms with Crippen LogP contribution in [-0.4, -0.2) is 52.2 Å². The van der Waals surface area contributed by atoms with E-state index in [1.165, 1.54) is 6.07 Å². The highest BCUT2D eigenvalue weighted by atomic mass is 35.5. The van der Waals surface area contributed by atoms with Gasteiger partial charge in [-0.15, -0.1) is 0 Å². The molecule has 2 aromatic carbocycles. The maximum atomic E-state index is 15.8. The van der Waals surface area contributed by atoms with Crippen molar-refractivity contribution >= 4 is 46.5 Å². The Hall–Kier alpha value is -2.73. The molecule has 5 rings (SSSR count). The van der Waals surface area contributed by atoms with E-state index < -0.39 is 41.4 Å². The van der Waals surface area contributed by atoms with Gasteiger partial charge in [0.25, 0.3) is 0 Å². The number of alkyl halides is 3. The van der Waals surface area contributed by atoms with Crippen LogP contribution in [0.3, 0.4) is 0 Å². The minimum Gasteiger partial charge on any atom is -0.475 e. The molecule has 2 aliphatic heterocycles. The van der Waals surface area contributed by atoms with E-state index in [-0.39, 0.29) is 33.8 Å². The van der Waals surface area contributed by atoms with Gasteiger partial charge in [0, 0.05) is 29.1 Å². The second-order valence-corrected chi connectivity index (χ2v) is 14.4. The lowest BCUT2D eigenvalue weighted by atomic mass is 9.62. The van der Waals surface area contributed by atoms with E-state index in [2.05, 4.69) is 31.4 Å². The summed E-state index contributed by atoms with van der Waals surface area (Å²) in [6.45, 7) is 6.29. The number of fused-ring (bicyclic) bond motifs is 2. The number of hydrogen-bond donors (Lipinski definition) is 4. The Morgan fingerprint density at radius 1 is 1.09 bits per heavy atom. The van der Waals surface area contributed by atoms with Gasteiger partial charge in [-0.05, 0) is 79.2 Å². The van der Waals surface area contributed by atoms with Crippen LogP contribution in [0.4, 0.5) is 23.2 Å². The molecule has 1 saturated heterocycles. The molecule has 46 heavy (non-hydrogen) atoms. The Labute approximate surface area is 275 Å². The van der Waals surface area contributed by atoms with Crippen molar-refractivity contribution < 1.29 is 42.2 Å². The molecule has 3 aliphatic rings. The second kappa shape index (κ2) is 13.8. The average Bonchev–Trinajstić information content (AvgIpc) is 3.59. The number of nitrogens with one attached hydrogen (secondary N) is 2. The number of ketones is 1. The molecule has 1 spiro atoms. The number of benzene rings is 2. The molecule has 0 unspecified atom stereocenters. The second-order valence-electron chi connectivity index (χ2n) is 13.6. The Morgan fingerprint density at radius 2 is 1.76 bits per heavy atom. The number of carboxylic acid groups (broad SMARTS) is 1. The molecule has 7 nitrogen and oxygen atoms in total. The van der Waals surface area contributed by atoms with E-state index in [1.807, 2.05) is 6.07 Å². The van der Waals surface area contributed by atoms with Crippen molar-refractivity contribution in [1.82, 2.24) is 5.32 Å². The third-order valence-corrected chi connectivity index (χ3v) is 9.60. The summed E-state index contributed by atoms with van der Waals surface area (Å²) in [5.74, 6) is -4.04. The molecule has 2 heterocycles. The maximum absolute atomic E-state index is 15.8. The number of anilines is 1. The Balaban J connectivity index is 0.000000617. The van der Waals surface area contributed by atoms with Gasteiger partial charge in [-0.1, -0.05) is 62.2 Å².